The fourth-order valence-corrected chi connectivity index (χ4v) is 1.81. The zero-order chi connectivity index (χ0) is 17.5. The normalized spacial score (nSPS) is 11.0. The lowest BCUT2D eigenvalue weighted by atomic mass is 10.1. The van der Waals surface area contributed by atoms with E-state index in [-0.39, 0.29) is 24.5 Å². The number of ether oxygens (including phenoxy) is 2. The van der Waals surface area contributed by atoms with E-state index in [2.05, 4.69) is 9.79 Å². The van der Waals surface area contributed by atoms with Gasteiger partial charge in [-0.15, -0.1) is 0 Å². The summed E-state index contributed by atoms with van der Waals surface area (Å²) in [5.41, 5.74) is 1.30. The summed E-state index contributed by atoms with van der Waals surface area (Å²) < 4.78 is 14.7. The Bertz CT molecular complexity index is 768. The number of hydrogen-bond donors (Lipinski definition) is 0. The van der Waals surface area contributed by atoms with Crippen molar-refractivity contribution in [2.24, 2.45) is 0 Å². The van der Waals surface area contributed by atoms with Crippen LogP contribution in [0.1, 0.15) is 23.9 Å². The van der Waals surface area contributed by atoms with E-state index in [0.29, 0.717) is 21.9 Å². The SMILES string of the molecule is CCOC(=O)C(C#N)=Cc1ccc(OCc2c(C)no[n+]2[O-])cc1. The number of esters is 1. The van der Waals surface area contributed by atoms with Crippen LogP contribution in [0.4, 0.5) is 0 Å². The van der Waals surface area contributed by atoms with Gasteiger partial charge in [0.15, 0.2) is 6.61 Å². The maximum Gasteiger partial charge on any atom is 0.348 e. The molecule has 0 amide bonds. The lowest BCUT2D eigenvalue weighted by molar-refractivity contribution is -0.808. The molecule has 24 heavy (non-hydrogen) atoms. The largest absolute Gasteiger partial charge is 0.485 e. The fourth-order valence-electron chi connectivity index (χ4n) is 1.81. The van der Waals surface area contributed by atoms with E-state index in [1.54, 1.807) is 44.2 Å². The van der Waals surface area contributed by atoms with E-state index >= 15 is 0 Å². The Kier molecular flexibility index (Phi) is 5.52. The van der Waals surface area contributed by atoms with Crippen molar-refractivity contribution >= 4 is 12.0 Å². The van der Waals surface area contributed by atoms with Crippen LogP contribution in [0.2, 0.25) is 0 Å². The number of hydrogen-bond acceptors (Lipinski definition) is 7. The predicted octanol–water partition coefficient (Wildman–Crippen LogP) is 1.67. The van der Waals surface area contributed by atoms with Gasteiger partial charge in [0.05, 0.1) is 6.61 Å². The van der Waals surface area contributed by atoms with Crippen LogP contribution in [0.5, 0.6) is 5.75 Å². The minimum atomic E-state index is -0.664. The second-order valence-electron chi connectivity index (χ2n) is 4.71. The average Bonchev–Trinajstić information content (AvgIpc) is 2.90. The summed E-state index contributed by atoms with van der Waals surface area (Å²) in [7, 11) is 0. The maximum atomic E-state index is 11.6. The van der Waals surface area contributed by atoms with Crippen molar-refractivity contribution in [3.63, 3.8) is 0 Å². The lowest BCUT2D eigenvalue weighted by Gasteiger charge is -2.05. The van der Waals surface area contributed by atoms with Crippen LogP contribution in [0.15, 0.2) is 34.5 Å². The molecule has 0 fully saturated rings. The van der Waals surface area contributed by atoms with Crippen molar-refractivity contribution < 1.29 is 23.8 Å². The zero-order valence-corrected chi connectivity index (χ0v) is 13.2. The van der Waals surface area contributed by atoms with E-state index < -0.39 is 5.97 Å². The molecular formula is C16H15N3O5. The van der Waals surface area contributed by atoms with Crippen LogP contribution < -0.4 is 9.64 Å². The van der Waals surface area contributed by atoms with Crippen molar-refractivity contribution in [1.82, 2.24) is 5.16 Å². The van der Waals surface area contributed by atoms with Gasteiger partial charge in [-0.25, -0.2) is 4.79 Å². The molecule has 1 aromatic heterocycles. The first-order valence-corrected chi connectivity index (χ1v) is 7.12. The van der Waals surface area contributed by atoms with Gasteiger partial charge in [0.1, 0.15) is 17.4 Å². The van der Waals surface area contributed by atoms with E-state index in [9.17, 15) is 10.0 Å². The molecule has 1 aromatic carbocycles. The number of nitriles is 1. The second kappa shape index (κ2) is 7.78. The Labute approximate surface area is 138 Å². The molecule has 0 atom stereocenters. The Morgan fingerprint density at radius 2 is 2.17 bits per heavy atom. The topological polar surface area (TPSA) is 112 Å². The summed E-state index contributed by atoms with van der Waals surface area (Å²) >= 11 is 0. The molecule has 0 aliphatic heterocycles. The Balaban J connectivity index is 2.05. The second-order valence-corrected chi connectivity index (χ2v) is 4.71. The third-order valence-corrected chi connectivity index (χ3v) is 3.07. The quantitative estimate of drug-likeness (QED) is 0.343. The Hall–Kier alpha value is -3.34. The molecular weight excluding hydrogens is 314 g/mol. The molecule has 0 saturated heterocycles. The van der Waals surface area contributed by atoms with Crippen LogP contribution in [0, 0.1) is 23.5 Å². The van der Waals surface area contributed by atoms with Crippen LogP contribution in [0.25, 0.3) is 6.08 Å². The molecule has 2 rings (SSSR count). The first kappa shape index (κ1) is 17.0. The summed E-state index contributed by atoms with van der Waals surface area (Å²) in [6, 6.07) is 8.48. The highest BCUT2D eigenvalue weighted by molar-refractivity contribution is 5.97. The summed E-state index contributed by atoms with van der Waals surface area (Å²) in [5.74, 6) is -0.148. The van der Waals surface area contributed by atoms with Crippen LogP contribution in [-0.2, 0) is 16.1 Å². The molecule has 0 unspecified atom stereocenters. The van der Waals surface area contributed by atoms with Gasteiger partial charge in [-0.1, -0.05) is 12.1 Å². The van der Waals surface area contributed by atoms with Crippen molar-refractivity contribution in [1.29, 1.82) is 5.26 Å². The van der Waals surface area contributed by atoms with Gasteiger partial charge in [-0.2, -0.15) is 5.26 Å². The van der Waals surface area contributed by atoms with Crippen LogP contribution in [0.3, 0.4) is 0 Å². The Morgan fingerprint density at radius 1 is 1.46 bits per heavy atom. The van der Waals surface area contributed by atoms with Crippen molar-refractivity contribution in [3.8, 4) is 11.8 Å². The van der Waals surface area contributed by atoms with Gasteiger partial charge in [0, 0.05) is 12.1 Å². The molecule has 0 aliphatic rings. The van der Waals surface area contributed by atoms with Crippen molar-refractivity contribution in [3.05, 3.63) is 52.0 Å². The Morgan fingerprint density at radius 3 is 2.71 bits per heavy atom. The first-order valence-electron chi connectivity index (χ1n) is 7.12. The van der Waals surface area contributed by atoms with Gasteiger partial charge >= 0.3 is 5.97 Å². The third kappa shape index (κ3) is 4.10. The molecule has 0 aliphatic carbocycles. The van der Waals surface area contributed by atoms with Crippen molar-refractivity contribution in [2.75, 3.05) is 6.61 Å². The summed E-state index contributed by atoms with van der Waals surface area (Å²) in [4.78, 5) is 11.9. The standard InChI is InChI=1S/C16H15N3O5/c1-3-22-16(20)13(9-17)8-12-4-6-14(7-5-12)23-10-15-11(2)18-24-19(15)21/h4-8H,3,10H2,1-2H3. The molecule has 8 heteroatoms. The number of benzene rings is 1. The smallest absolute Gasteiger partial charge is 0.348 e. The van der Waals surface area contributed by atoms with Crippen LogP contribution in [-0.4, -0.2) is 17.7 Å². The zero-order valence-electron chi connectivity index (χ0n) is 13.2. The lowest BCUT2D eigenvalue weighted by Crippen LogP contribution is -2.29. The molecule has 1 heterocycles. The number of carbonyl (C=O) groups is 1. The molecule has 0 spiro atoms. The number of aromatic nitrogens is 2. The number of aryl methyl sites for hydroxylation is 1. The number of nitrogens with zero attached hydrogens (tertiary/aromatic N) is 3. The fraction of sp³-hybridized carbons (Fsp3) is 0.250. The van der Waals surface area contributed by atoms with Gasteiger partial charge < -0.3 is 14.7 Å². The number of carbonyl (C=O) groups excluding carboxylic acids is 1. The van der Waals surface area contributed by atoms with Gasteiger partial charge in [0.25, 0.3) is 0 Å². The molecule has 0 saturated carbocycles. The summed E-state index contributed by atoms with van der Waals surface area (Å²) in [5, 5.41) is 23.8. The van der Waals surface area contributed by atoms with E-state index in [1.165, 1.54) is 6.08 Å². The van der Waals surface area contributed by atoms with E-state index in [0.717, 1.165) is 0 Å². The van der Waals surface area contributed by atoms with Crippen molar-refractivity contribution in [2.45, 2.75) is 20.5 Å². The third-order valence-electron chi connectivity index (χ3n) is 3.07. The molecule has 124 valence electrons. The predicted molar refractivity (Wildman–Crippen MR) is 81.2 cm³/mol. The molecule has 2 aromatic rings. The summed E-state index contributed by atoms with van der Waals surface area (Å²) in [6.45, 7) is 3.53. The van der Waals surface area contributed by atoms with Gasteiger partial charge in [-0.05, 0) is 35.6 Å². The minimum Gasteiger partial charge on any atom is -0.485 e. The monoisotopic (exact) mass is 329 g/mol. The molecule has 0 bridgehead atoms. The first-order chi connectivity index (χ1) is 11.5. The molecule has 0 N–H and O–H groups in total. The molecule has 0 radical (unpaired) electrons. The highest BCUT2D eigenvalue weighted by atomic mass is 16.8. The molecule has 8 nitrogen and oxygen atoms in total. The van der Waals surface area contributed by atoms with Gasteiger partial charge in [0.2, 0.25) is 11.4 Å². The minimum absolute atomic E-state index is 0.0142. The average molecular weight is 329 g/mol. The highest BCUT2D eigenvalue weighted by Gasteiger charge is 2.15. The van der Waals surface area contributed by atoms with Gasteiger partial charge in [-0.3, -0.25) is 4.63 Å². The van der Waals surface area contributed by atoms with E-state index in [1.807, 2.05) is 0 Å². The highest BCUT2D eigenvalue weighted by Crippen LogP contribution is 2.16. The summed E-state index contributed by atoms with van der Waals surface area (Å²) in [6.07, 6.45) is 1.43. The van der Waals surface area contributed by atoms with Crippen LogP contribution >= 0.6 is 0 Å². The maximum absolute atomic E-state index is 11.6. The van der Waals surface area contributed by atoms with E-state index in [4.69, 9.17) is 14.7 Å². The number of rotatable bonds is 6.